The first-order valence-electron chi connectivity index (χ1n) is 7.79. The quantitative estimate of drug-likeness (QED) is 0.794. The number of hydrogen-bond acceptors (Lipinski definition) is 3. The van der Waals surface area contributed by atoms with Crippen LogP contribution in [-0.4, -0.2) is 24.2 Å². The van der Waals surface area contributed by atoms with Crippen molar-refractivity contribution in [3.05, 3.63) is 29.3 Å². The Balaban J connectivity index is 1.72. The van der Waals surface area contributed by atoms with Crippen LogP contribution in [0.4, 0.5) is 0 Å². The lowest BCUT2D eigenvalue weighted by Crippen LogP contribution is -2.39. The molecule has 2 atom stereocenters. The van der Waals surface area contributed by atoms with E-state index in [0.717, 1.165) is 18.6 Å². The van der Waals surface area contributed by atoms with E-state index in [2.05, 4.69) is 37.4 Å². The summed E-state index contributed by atoms with van der Waals surface area (Å²) in [4.78, 5) is 13.2. The zero-order chi connectivity index (χ0) is 15.2. The molecule has 0 heterocycles. The van der Waals surface area contributed by atoms with Crippen molar-refractivity contribution in [3.63, 3.8) is 0 Å². The summed E-state index contributed by atoms with van der Waals surface area (Å²) < 4.78 is 0. The Bertz CT molecular complexity index is 490. The van der Waals surface area contributed by atoms with Gasteiger partial charge in [-0.25, -0.2) is 0 Å². The lowest BCUT2D eigenvalue weighted by Gasteiger charge is -2.19. The van der Waals surface area contributed by atoms with Gasteiger partial charge in [0.2, 0.25) is 5.91 Å². The molecule has 2 rings (SSSR count). The van der Waals surface area contributed by atoms with E-state index < -0.39 is 0 Å². The van der Waals surface area contributed by atoms with Crippen molar-refractivity contribution in [2.45, 2.75) is 50.5 Å². The maximum Gasteiger partial charge on any atom is 0.221 e. The van der Waals surface area contributed by atoms with E-state index in [-0.39, 0.29) is 5.91 Å². The lowest BCUT2D eigenvalue weighted by atomic mass is 10.0. The van der Waals surface area contributed by atoms with E-state index in [0.29, 0.717) is 24.9 Å². The summed E-state index contributed by atoms with van der Waals surface area (Å²) in [5.74, 6) is 1.46. The van der Waals surface area contributed by atoms with Gasteiger partial charge in [-0.1, -0.05) is 12.5 Å². The monoisotopic (exact) mass is 306 g/mol. The minimum Gasteiger partial charge on any atom is -0.353 e. The van der Waals surface area contributed by atoms with Gasteiger partial charge in [0.25, 0.3) is 0 Å². The number of nitrogens with one attached hydrogen (secondary N) is 1. The summed E-state index contributed by atoms with van der Waals surface area (Å²) in [7, 11) is 0. The second-order valence-corrected chi connectivity index (χ2v) is 7.11. The highest BCUT2D eigenvalue weighted by atomic mass is 32.2. The smallest absolute Gasteiger partial charge is 0.221 e. The van der Waals surface area contributed by atoms with Crippen LogP contribution in [0.1, 0.15) is 36.8 Å². The fraction of sp³-hybridized carbons (Fsp3) is 0.588. The van der Waals surface area contributed by atoms with Gasteiger partial charge in [-0.05, 0) is 62.4 Å². The molecule has 116 valence electrons. The molecule has 1 aromatic carbocycles. The van der Waals surface area contributed by atoms with Crippen LogP contribution >= 0.6 is 11.8 Å². The van der Waals surface area contributed by atoms with Crippen LogP contribution in [0.2, 0.25) is 0 Å². The predicted octanol–water partition coefficient (Wildman–Crippen LogP) is 3.03. The molecule has 1 aromatic rings. The van der Waals surface area contributed by atoms with Gasteiger partial charge < -0.3 is 11.1 Å². The lowest BCUT2D eigenvalue weighted by molar-refractivity contribution is -0.121. The van der Waals surface area contributed by atoms with Crippen LogP contribution in [0.15, 0.2) is 23.1 Å². The van der Waals surface area contributed by atoms with Crippen LogP contribution in [0.25, 0.3) is 0 Å². The zero-order valence-electron chi connectivity index (χ0n) is 13.0. The number of thioether (sulfide) groups is 1. The maximum absolute atomic E-state index is 12.0. The molecule has 0 radical (unpaired) electrons. The molecule has 0 aromatic heterocycles. The molecular formula is C17H26N2OS. The number of nitrogens with two attached hydrogens (primary N) is 1. The molecule has 3 nitrogen and oxygen atoms in total. The number of hydrogen-bond donors (Lipinski definition) is 2. The zero-order valence-corrected chi connectivity index (χ0v) is 13.8. The Morgan fingerprint density at radius 2 is 2.14 bits per heavy atom. The fourth-order valence-electron chi connectivity index (χ4n) is 2.85. The Labute approximate surface area is 132 Å². The topological polar surface area (TPSA) is 55.1 Å². The van der Waals surface area contributed by atoms with Crippen molar-refractivity contribution in [3.8, 4) is 0 Å². The first kappa shape index (κ1) is 16.4. The molecule has 0 bridgehead atoms. The molecule has 4 heteroatoms. The number of rotatable bonds is 6. The van der Waals surface area contributed by atoms with E-state index in [1.54, 1.807) is 11.8 Å². The van der Waals surface area contributed by atoms with E-state index in [1.165, 1.54) is 22.4 Å². The molecule has 1 fully saturated rings. The van der Waals surface area contributed by atoms with Gasteiger partial charge in [-0.3, -0.25) is 4.79 Å². The van der Waals surface area contributed by atoms with Gasteiger partial charge in [0, 0.05) is 23.1 Å². The van der Waals surface area contributed by atoms with Crippen LogP contribution in [-0.2, 0) is 4.79 Å². The van der Waals surface area contributed by atoms with Crippen molar-refractivity contribution < 1.29 is 4.79 Å². The highest BCUT2D eigenvalue weighted by Crippen LogP contribution is 2.25. The molecular weight excluding hydrogens is 280 g/mol. The number of aryl methyl sites for hydroxylation is 2. The average molecular weight is 306 g/mol. The summed E-state index contributed by atoms with van der Waals surface area (Å²) >= 11 is 1.75. The van der Waals surface area contributed by atoms with Gasteiger partial charge >= 0.3 is 0 Å². The maximum atomic E-state index is 12.0. The van der Waals surface area contributed by atoms with Crippen molar-refractivity contribution in [1.82, 2.24) is 5.32 Å². The predicted molar refractivity (Wildman–Crippen MR) is 89.6 cm³/mol. The first-order chi connectivity index (χ1) is 10.1. The summed E-state index contributed by atoms with van der Waals surface area (Å²) in [6, 6.07) is 6.77. The number of carbonyl (C=O) groups is 1. The van der Waals surface area contributed by atoms with Gasteiger partial charge in [-0.2, -0.15) is 0 Å². The Kier molecular flexibility index (Phi) is 6.12. The molecule has 1 saturated carbocycles. The van der Waals surface area contributed by atoms with Crippen molar-refractivity contribution in [2.75, 3.05) is 12.3 Å². The number of benzene rings is 1. The SMILES string of the molecule is Cc1ccc(SCCC(=O)NC2CCCC2CN)cc1C. The Morgan fingerprint density at radius 3 is 2.86 bits per heavy atom. The third-order valence-corrected chi connectivity index (χ3v) is 5.38. The standard InChI is InChI=1S/C17H26N2OS/c1-12-6-7-15(10-13(12)2)21-9-8-17(20)19-16-5-3-4-14(16)11-18/h6-7,10,14,16H,3-5,8-9,11,18H2,1-2H3,(H,19,20). The summed E-state index contributed by atoms with van der Waals surface area (Å²) in [6.07, 6.45) is 3.99. The minimum absolute atomic E-state index is 0.164. The van der Waals surface area contributed by atoms with Gasteiger partial charge in [0.15, 0.2) is 0 Å². The molecule has 21 heavy (non-hydrogen) atoms. The molecule has 0 saturated heterocycles. The first-order valence-corrected chi connectivity index (χ1v) is 8.78. The molecule has 1 aliphatic rings. The highest BCUT2D eigenvalue weighted by molar-refractivity contribution is 7.99. The Hall–Kier alpha value is -1.00. The van der Waals surface area contributed by atoms with E-state index in [4.69, 9.17) is 5.73 Å². The highest BCUT2D eigenvalue weighted by Gasteiger charge is 2.26. The summed E-state index contributed by atoms with van der Waals surface area (Å²) in [5, 5.41) is 3.15. The normalized spacial score (nSPS) is 21.5. The van der Waals surface area contributed by atoms with Crippen LogP contribution < -0.4 is 11.1 Å². The van der Waals surface area contributed by atoms with Gasteiger partial charge in [0.1, 0.15) is 0 Å². The number of carbonyl (C=O) groups excluding carboxylic acids is 1. The average Bonchev–Trinajstić information content (AvgIpc) is 2.90. The molecule has 1 aliphatic carbocycles. The number of amides is 1. The van der Waals surface area contributed by atoms with Gasteiger partial charge in [0.05, 0.1) is 0 Å². The molecule has 0 spiro atoms. The molecule has 1 amide bonds. The minimum atomic E-state index is 0.164. The van der Waals surface area contributed by atoms with E-state index in [9.17, 15) is 4.79 Å². The summed E-state index contributed by atoms with van der Waals surface area (Å²) in [5.41, 5.74) is 8.36. The largest absolute Gasteiger partial charge is 0.353 e. The molecule has 0 aliphatic heterocycles. The van der Waals surface area contributed by atoms with Crippen LogP contribution in [0.5, 0.6) is 0 Å². The fourth-order valence-corrected chi connectivity index (χ4v) is 3.80. The second kappa shape index (κ2) is 7.85. The van der Waals surface area contributed by atoms with Crippen LogP contribution in [0.3, 0.4) is 0 Å². The summed E-state index contributed by atoms with van der Waals surface area (Å²) in [6.45, 7) is 4.92. The van der Waals surface area contributed by atoms with Crippen molar-refractivity contribution in [2.24, 2.45) is 11.7 Å². The second-order valence-electron chi connectivity index (χ2n) is 5.95. The molecule has 2 unspecified atom stereocenters. The van der Waals surface area contributed by atoms with E-state index in [1.807, 2.05) is 0 Å². The van der Waals surface area contributed by atoms with Crippen molar-refractivity contribution in [1.29, 1.82) is 0 Å². The van der Waals surface area contributed by atoms with E-state index >= 15 is 0 Å². The third-order valence-electron chi connectivity index (χ3n) is 4.38. The van der Waals surface area contributed by atoms with Gasteiger partial charge in [-0.15, -0.1) is 11.8 Å². The molecule has 3 N–H and O–H groups in total. The Morgan fingerprint density at radius 1 is 1.33 bits per heavy atom. The van der Waals surface area contributed by atoms with Crippen molar-refractivity contribution >= 4 is 17.7 Å². The van der Waals surface area contributed by atoms with Crippen LogP contribution in [0, 0.1) is 19.8 Å². The third kappa shape index (κ3) is 4.75.